The van der Waals surface area contributed by atoms with Crippen molar-refractivity contribution in [2.75, 3.05) is 0 Å². The van der Waals surface area contributed by atoms with Crippen LogP contribution in [0.4, 0.5) is 0 Å². The van der Waals surface area contributed by atoms with Crippen LogP contribution in [-0.4, -0.2) is 5.78 Å². The Morgan fingerprint density at radius 1 is 1.60 bits per heavy atom. The molecule has 0 radical (unpaired) electrons. The van der Waals surface area contributed by atoms with Gasteiger partial charge in [-0.15, -0.1) is 0 Å². The van der Waals surface area contributed by atoms with Crippen molar-refractivity contribution in [2.24, 2.45) is 0 Å². The van der Waals surface area contributed by atoms with Gasteiger partial charge in [-0.25, -0.2) is 0 Å². The highest BCUT2D eigenvalue weighted by Gasteiger charge is 1.92. The number of rotatable bonds is 4. The second-order valence-corrected chi connectivity index (χ2v) is 2.79. The summed E-state index contributed by atoms with van der Waals surface area (Å²) in [6.45, 7) is 3.60. The van der Waals surface area contributed by atoms with Crippen LogP contribution in [0, 0.1) is 0 Å². The van der Waals surface area contributed by atoms with Crippen LogP contribution in [0.25, 0.3) is 0 Å². The molecule has 0 saturated heterocycles. The first-order valence-electron chi connectivity index (χ1n) is 3.53. The zero-order valence-electron chi connectivity index (χ0n) is 6.48. The van der Waals surface area contributed by atoms with Gasteiger partial charge in [0.05, 0.1) is 0 Å². The van der Waals surface area contributed by atoms with Gasteiger partial charge >= 0.3 is 0 Å². The van der Waals surface area contributed by atoms with Crippen LogP contribution in [0.1, 0.15) is 33.1 Å². The topological polar surface area (TPSA) is 17.1 Å². The molecule has 1 nitrogen and oxygen atoms in total. The molecule has 0 atom stereocenters. The van der Waals surface area contributed by atoms with E-state index in [0.29, 0.717) is 5.03 Å². The fourth-order valence-electron chi connectivity index (χ4n) is 0.638. The molecule has 0 unspecified atom stereocenters. The Labute approximate surface area is 67.1 Å². The van der Waals surface area contributed by atoms with Crippen LogP contribution in [0.2, 0.25) is 0 Å². The zero-order valence-corrected chi connectivity index (χ0v) is 7.24. The zero-order chi connectivity index (χ0) is 7.98. The molecule has 0 rings (SSSR count). The van der Waals surface area contributed by atoms with E-state index in [9.17, 15) is 4.79 Å². The van der Waals surface area contributed by atoms with Crippen LogP contribution in [0.15, 0.2) is 11.1 Å². The molecule has 0 aliphatic carbocycles. The number of halogens is 1. The first kappa shape index (κ1) is 9.70. The molecule has 58 valence electrons. The van der Waals surface area contributed by atoms with E-state index in [-0.39, 0.29) is 5.78 Å². The Balaban J connectivity index is 3.60. The first-order valence-corrected chi connectivity index (χ1v) is 3.91. The maximum atomic E-state index is 10.5. The quantitative estimate of drug-likeness (QED) is 0.578. The molecule has 0 aliphatic heterocycles. The van der Waals surface area contributed by atoms with Gasteiger partial charge in [-0.1, -0.05) is 24.9 Å². The van der Waals surface area contributed by atoms with E-state index < -0.39 is 0 Å². The van der Waals surface area contributed by atoms with Gasteiger partial charge in [0.15, 0.2) is 5.78 Å². The molecular formula is C8H13ClO. The summed E-state index contributed by atoms with van der Waals surface area (Å²) >= 11 is 5.69. The molecule has 0 aromatic heterocycles. The van der Waals surface area contributed by atoms with E-state index in [1.165, 1.54) is 13.0 Å². The molecule has 10 heavy (non-hydrogen) atoms. The highest BCUT2D eigenvalue weighted by atomic mass is 35.5. The molecule has 0 saturated carbocycles. The molecule has 0 amide bonds. The third kappa shape index (κ3) is 5.83. The molecule has 0 heterocycles. The van der Waals surface area contributed by atoms with Crippen molar-refractivity contribution < 1.29 is 4.79 Å². The number of ketones is 1. The van der Waals surface area contributed by atoms with Crippen molar-refractivity contribution >= 4 is 17.4 Å². The molecule has 0 N–H and O–H groups in total. The van der Waals surface area contributed by atoms with Crippen molar-refractivity contribution in [3.8, 4) is 0 Å². The molecule has 0 fully saturated rings. The fraction of sp³-hybridized carbons (Fsp3) is 0.625. The number of hydrogen-bond donors (Lipinski definition) is 0. The second-order valence-electron chi connectivity index (χ2n) is 2.31. The Morgan fingerprint density at radius 2 is 2.20 bits per heavy atom. The molecule has 0 spiro atoms. The molecule has 0 aromatic rings. The van der Waals surface area contributed by atoms with E-state index in [4.69, 9.17) is 11.6 Å². The Kier molecular flexibility index (Phi) is 5.32. The monoisotopic (exact) mass is 160 g/mol. The van der Waals surface area contributed by atoms with E-state index in [0.717, 1.165) is 19.3 Å². The van der Waals surface area contributed by atoms with Gasteiger partial charge in [-0.3, -0.25) is 4.79 Å². The van der Waals surface area contributed by atoms with E-state index in [1.807, 2.05) is 0 Å². The molecule has 0 bridgehead atoms. The minimum Gasteiger partial charge on any atom is -0.295 e. The lowest BCUT2D eigenvalue weighted by atomic mass is 10.2. The lowest BCUT2D eigenvalue weighted by Gasteiger charge is -1.93. The second kappa shape index (κ2) is 5.48. The maximum absolute atomic E-state index is 10.5. The third-order valence-electron chi connectivity index (χ3n) is 1.13. The predicted octanol–water partition coefficient (Wildman–Crippen LogP) is 2.89. The highest BCUT2D eigenvalue weighted by molar-refractivity contribution is 6.30. The average molecular weight is 161 g/mol. The van der Waals surface area contributed by atoms with Gasteiger partial charge in [0, 0.05) is 5.03 Å². The van der Waals surface area contributed by atoms with E-state index in [2.05, 4.69) is 6.92 Å². The first-order chi connectivity index (χ1) is 4.66. The van der Waals surface area contributed by atoms with Crippen LogP contribution in [-0.2, 0) is 4.79 Å². The van der Waals surface area contributed by atoms with Gasteiger partial charge in [0.25, 0.3) is 0 Å². The fourth-order valence-corrected chi connectivity index (χ4v) is 0.926. The van der Waals surface area contributed by atoms with Crippen molar-refractivity contribution in [2.45, 2.75) is 33.1 Å². The summed E-state index contributed by atoms with van der Waals surface area (Å²) in [5.74, 6) is 0.0288. The van der Waals surface area contributed by atoms with Gasteiger partial charge in [-0.05, 0) is 25.8 Å². The van der Waals surface area contributed by atoms with Gasteiger partial charge < -0.3 is 0 Å². The van der Waals surface area contributed by atoms with E-state index >= 15 is 0 Å². The van der Waals surface area contributed by atoms with Crippen molar-refractivity contribution in [1.82, 2.24) is 0 Å². The summed E-state index contributed by atoms with van der Waals surface area (Å²) in [4.78, 5) is 10.5. The largest absolute Gasteiger partial charge is 0.295 e. The van der Waals surface area contributed by atoms with Gasteiger partial charge in [0.2, 0.25) is 0 Å². The Bertz CT molecular complexity index is 138. The summed E-state index contributed by atoms with van der Waals surface area (Å²) in [5, 5.41) is 0.675. The Morgan fingerprint density at radius 3 is 2.60 bits per heavy atom. The van der Waals surface area contributed by atoms with Crippen LogP contribution < -0.4 is 0 Å². The molecule has 0 aliphatic rings. The Hall–Kier alpha value is -0.300. The predicted molar refractivity (Wildman–Crippen MR) is 44.1 cm³/mol. The minimum absolute atomic E-state index is 0.0288. The number of unbranched alkanes of at least 4 members (excludes halogenated alkanes) is 1. The number of carbonyl (C=O) groups excluding carboxylic acids is 1. The van der Waals surface area contributed by atoms with Crippen LogP contribution in [0.5, 0.6) is 0 Å². The summed E-state index contributed by atoms with van der Waals surface area (Å²) < 4.78 is 0. The van der Waals surface area contributed by atoms with Crippen LogP contribution >= 0.6 is 11.6 Å². The van der Waals surface area contributed by atoms with Crippen molar-refractivity contribution in [3.63, 3.8) is 0 Å². The number of allylic oxidation sites excluding steroid dienone is 2. The van der Waals surface area contributed by atoms with Crippen molar-refractivity contribution in [1.29, 1.82) is 0 Å². The van der Waals surface area contributed by atoms with Crippen LogP contribution in [0.3, 0.4) is 0 Å². The normalized spacial score (nSPS) is 11.7. The highest BCUT2D eigenvalue weighted by Crippen LogP contribution is 2.10. The third-order valence-corrected chi connectivity index (χ3v) is 1.43. The lowest BCUT2D eigenvalue weighted by Crippen LogP contribution is -1.83. The molecular weight excluding hydrogens is 148 g/mol. The summed E-state index contributed by atoms with van der Waals surface area (Å²) in [6.07, 6.45) is 4.49. The summed E-state index contributed by atoms with van der Waals surface area (Å²) in [7, 11) is 0. The average Bonchev–Trinajstić information content (AvgIpc) is 1.82. The summed E-state index contributed by atoms with van der Waals surface area (Å²) in [5.41, 5.74) is 0. The van der Waals surface area contributed by atoms with Gasteiger partial charge in [0.1, 0.15) is 0 Å². The summed E-state index contributed by atoms with van der Waals surface area (Å²) in [6, 6.07) is 0. The standard InChI is InChI=1S/C8H13ClO/c1-3-4-5-8(9)6-7(2)10/h6H,3-5H2,1-2H3/b8-6-. The molecule has 0 aromatic carbocycles. The minimum atomic E-state index is 0.0288. The smallest absolute Gasteiger partial charge is 0.153 e. The molecule has 2 heteroatoms. The van der Waals surface area contributed by atoms with E-state index in [1.54, 1.807) is 0 Å². The number of carbonyl (C=O) groups is 1. The SMILES string of the molecule is CCCC/C(Cl)=C/C(C)=O. The van der Waals surface area contributed by atoms with Crippen molar-refractivity contribution in [3.05, 3.63) is 11.1 Å². The lowest BCUT2D eigenvalue weighted by molar-refractivity contribution is -0.112. The maximum Gasteiger partial charge on any atom is 0.153 e. The number of hydrogen-bond acceptors (Lipinski definition) is 1. The van der Waals surface area contributed by atoms with Gasteiger partial charge in [-0.2, -0.15) is 0 Å².